The van der Waals surface area contributed by atoms with Crippen LogP contribution in [0.25, 0.3) is 0 Å². The predicted octanol–water partition coefficient (Wildman–Crippen LogP) is 0.555. The van der Waals surface area contributed by atoms with Crippen LogP contribution >= 0.6 is 0 Å². The largest absolute Gasteiger partial charge is 0.352 e. The summed E-state index contributed by atoms with van der Waals surface area (Å²) in [5, 5.41) is 2.45. The van der Waals surface area contributed by atoms with Crippen LogP contribution in [0.2, 0.25) is 0 Å². The second-order valence-corrected chi connectivity index (χ2v) is 6.53. The molecule has 2 rings (SSSR count). The van der Waals surface area contributed by atoms with Crippen LogP contribution in [-0.4, -0.2) is 63.5 Å². The molecule has 0 spiro atoms. The topological polar surface area (TPSA) is 96.5 Å². The van der Waals surface area contributed by atoms with Gasteiger partial charge in [-0.2, -0.15) is 0 Å². The molecule has 0 saturated carbocycles. The van der Waals surface area contributed by atoms with Gasteiger partial charge in [-0.25, -0.2) is 9.78 Å². The quantitative estimate of drug-likeness (QED) is 0.821. The minimum absolute atomic E-state index is 0.0840. The van der Waals surface area contributed by atoms with Crippen LogP contribution in [0.4, 0.5) is 4.79 Å². The van der Waals surface area contributed by atoms with Gasteiger partial charge in [-0.1, -0.05) is 0 Å². The van der Waals surface area contributed by atoms with Crippen molar-refractivity contribution in [2.45, 2.75) is 45.8 Å². The normalized spacial score (nSPS) is 17.6. The number of aromatic nitrogens is 2. The lowest BCUT2D eigenvalue weighted by Gasteiger charge is -2.25. The Labute approximate surface area is 143 Å². The van der Waals surface area contributed by atoms with E-state index in [1.54, 1.807) is 11.8 Å². The number of urea groups is 1. The van der Waals surface area contributed by atoms with E-state index in [9.17, 15) is 9.59 Å². The maximum atomic E-state index is 12.4. The van der Waals surface area contributed by atoms with Gasteiger partial charge in [-0.15, -0.1) is 0 Å². The maximum absolute atomic E-state index is 12.4. The zero-order valence-corrected chi connectivity index (χ0v) is 14.7. The van der Waals surface area contributed by atoms with Gasteiger partial charge in [0.1, 0.15) is 11.9 Å². The number of nitrogens with one attached hydrogen (secondary N) is 1. The van der Waals surface area contributed by atoms with Gasteiger partial charge in [0, 0.05) is 44.6 Å². The first kappa shape index (κ1) is 18.3. The molecule has 134 valence electrons. The molecule has 1 atom stereocenters. The van der Waals surface area contributed by atoms with Crippen molar-refractivity contribution in [1.82, 2.24) is 24.7 Å². The Kier molecular flexibility index (Phi) is 6.19. The number of carbonyl (C=O) groups is 2. The lowest BCUT2D eigenvalue weighted by molar-refractivity contribution is -0.132. The van der Waals surface area contributed by atoms with E-state index in [1.807, 2.05) is 12.4 Å². The van der Waals surface area contributed by atoms with Crippen LogP contribution in [0, 0.1) is 0 Å². The molecule has 3 amide bonds. The van der Waals surface area contributed by atoms with Crippen molar-refractivity contribution < 1.29 is 9.59 Å². The van der Waals surface area contributed by atoms with Gasteiger partial charge >= 0.3 is 6.03 Å². The number of hydrogen-bond acceptors (Lipinski definition) is 4. The van der Waals surface area contributed by atoms with Crippen LogP contribution in [0.15, 0.2) is 12.4 Å². The Bertz CT molecular complexity index is 571. The smallest absolute Gasteiger partial charge is 0.312 e. The number of imidazole rings is 1. The van der Waals surface area contributed by atoms with Crippen LogP contribution < -0.4 is 11.1 Å². The molecule has 1 aromatic heterocycles. The molecule has 1 saturated heterocycles. The molecule has 1 aliphatic rings. The summed E-state index contributed by atoms with van der Waals surface area (Å²) >= 11 is 0. The third-order valence-corrected chi connectivity index (χ3v) is 4.30. The highest BCUT2D eigenvalue weighted by Crippen LogP contribution is 2.12. The maximum Gasteiger partial charge on any atom is 0.312 e. The summed E-state index contributed by atoms with van der Waals surface area (Å²) < 4.78 is 2.17. The molecule has 0 aromatic carbocycles. The van der Waals surface area contributed by atoms with E-state index in [1.165, 1.54) is 0 Å². The number of amides is 3. The number of primary amides is 1. The van der Waals surface area contributed by atoms with E-state index in [4.69, 9.17) is 5.73 Å². The fraction of sp³-hybridized carbons (Fsp3) is 0.688. The van der Waals surface area contributed by atoms with Crippen molar-refractivity contribution in [2.24, 2.45) is 5.73 Å². The molecule has 24 heavy (non-hydrogen) atoms. The van der Waals surface area contributed by atoms with Gasteiger partial charge in [-0.3, -0.25) is 9.69 Å². The summed E-state index contributed by atoms with van der Waals surface area (Å²) in [4.78, 5) is 31.9. The summed E-state index contributed by atoms with van der Waals surface area (Å²) in [5.74, 6) is 0.966. The van der Waals surface area contributed by atoms with Crippen LogP contribution in [0.5, 0.6) is 0 Å². The van der Waals surface area contributed by atoms with Gasteiger partial charge < -0.3 is 20.5 Å². The van der Waals surface area contributed by atoms with Crippen LogP contribution in [0.3, 0.4) is 0 Å². The van der Waals surface area contributed by atoms with Crippen LogP contribution in [-0.2, 0) is 11.3 Å². The number of hydrogen-bond donors (Lipinski definition) is 2. The second-order valence-electron chi connectivity index (χ2n) is 6.53. The van der Waals surface area contributed by atoms with Crippen molar-refractivity contribution in [2.75, 3.05) is 26.2 Å². The van der Waals surface area contributed by atoms with Crippen molar-refractivity contribution in [3.05, 3.63) is 18.2 Å². The Balaban J connectivity index is 1.91. The standard InChI is InChI=1S/C16H28N6O2/c1-12(2)22-8-5-18-14(22)11-20-6-4-7-21(10-9-20)15(23)13(3)19-16(17)24/h5,8,12-13H,4,6-7,9-11H2,1-3H3,(H3,17,19,24). The van der Waals surface area contributed by atoms with Crippen molar-refractivity contribution in [3.63, 3.8) is 0 Å². The van der Waals surface area contributed by atoms with Gasteiger partial charge in [0.05, 0.1) is 6.54 Å². The van der Waals surface area contributed by atoms with Crippen molar-refractivity contribution >= 4 is 11.9 Å². The Morgan fingerprint density at radius 3 is 2.67 bits per heavy atom. The minimum atomic E-state index is -0.673. The Hall–Kier alpha value is -2.09. The van der Waals surface area contributed by atoms with Crippen molar-refractivity contribution in [3.8, 4) is 0 Å². The first-order valence-electron chi connectivity index (χ1n) is 8.47. The molecule has 0 aliphatic carbocycles. The molecule has 2 heterocycles. The highest BCUT2D eigenvalue weighted by molar-refractivity contribution is 5.86. The third kappa shape index (κ3) is 4.70. The number of carbonyl (C=O) groups excluding carboxylic acids is 2. The van der Waals surface area contributed by atoms with Crippen LogP contribution in [0.1, 0.15) is 39.1 Å². The summed E-state index contributed by atoms with van der Waals surface area (Å²) in [6, 6.07) is -0.880. The minimum Gasteiger partial charge on any atom is -0.352 e. The van der Waals surface area contributed by atoms with Gasteiger partial charge in [0.15, 0.2) is 0 Å². The fourth-order valence-corrected chi connectivity index (χ4v) is 3.03. The van der Waals surface area contributed by atoms with Gasteiger partial charge in [0.25, 0.3) is 0 Å². The molecule has 8 heteroatoms. The summed E-state index contributed by atoms with van der Waals surface area (Å²) in [7, 11) is 0. The summed E-state index contributed by atoms with van der Waals surface area (Å²) in [6.07, 6.45) is 4.74. The number of nitrogens with two attached hydrogens (primary N) is 1. The highest BCUT2D eigenvalue weighted by Gasteiger charge is 2.24. The summed E-state index contributed by atoms with van der Waals surface area (Å²) in [5.41, 5.74) is 5.09. The van der Waals surface area contributed by atoms with E-state index < -0.39 is 12.1 Å². The second kappa shape index (κ2) is 8.14. The molecule has 0 bridgehead atoms. The number of rotatable bonds is 5. The predicted molar refractivity (Wildman–Crippen MR) is 91.3 cm³/mol. The van der Waals surface area contributed by atoms with E-state index in [-0.39, 0.29) is 5.91 Å². The average Bonchev–Trinajstić information content (AvgIpc) is 2.84. The first-order valence-corrected chi connectivity index (χ1v) is 8.47. The van der Waals surface area contributed by atoms with Gasteiger partial charge in [-0.05, 0) is 27.2 Å². The molecule has 3 N–H and O–H groups in total. The van der Waals surface area contributed by atoms with E-state index in [2.05, 4.69) is 33.6 Å². The van der Waals surface area contributed by atoms with Crippen molar-refractivity contribution in [1.29, 1.82) is 0 Å². The third-order valence-electron chi connectivity index (χ3n) is 4.30. The molecule has 1 unspecified atom stereocenters. The Morgan fingerprint density at radius 1 is 1.25 bits per heavy atom. The lowest BCUT2D eigenvalue weighted by atomic mass is 10.2. The molecule has 1 aromatic rings. The zero-order valence-electron chi connectivity index (χ0n) is 14.7. The molecular weight excluding hydrogens is 308 g/mol. The average molecular weight is 336 g/mol. The SMILES string of the molecule is CC(NC(N)=O)C(=O)N1CCCN(Cc2nccn2C(C)C)CC1. The first-order chi connectivity index (χ1) is 11.4. The Morgan fingerprint density at radius 2 is 2.00 bits per heavy atom. The monoisotopic (exact) mass is 336 g/mol. The van der Waals surface area contributed by atoms with Gasteiger partial charge in [0.2, 0.25) is 5.91 Å². The van der Waals surface area contributed by atoms with E-state index in [0.717, 1.165) is 31.9 Å². The molecule has 8 nitrogen and oxygen atoms in total. The molecular formula is C16H28N6O2. The molecule has 1 aliphatic heterocycles. The molecule has 1 fully saturated rings. The van der Waals surface area contributed by atoms with E-state index >= 15 is 0 Å². The molecule has 0 radical (unpaired) electrons. The zero-order chi connectivity index (χ0) is 17.7. The highest BCUT2D eigenvalue weighted by atomic mass is 16.2. The summed E-state index contributed by atoms with van der Waals surface area (Å²) in [6.45, 7) is 9.77. The lowest BCUT2D eigenvalue weighted by Crippen LogP contribution is -2.49. The van der Waals surface area contributed by atoms with E-state index in [0.29, 0.717) is 19.1 Å². The fourth-order valence-electron chi connectivity index (χ4n) is 3.03. The number of nitrogens with zero attached hydrogens (tertiary/aromatic N) is 4.